The second-order valence-corrected chi connectivity index (χ2v) is 6.31. The minimum absolute atomic E-state index is 0.365. The number of hydrogen-bond acceptors (Lipinski definition) is 3. The molecule has 1 aliphatic heterocycles. The zero-order valence-electron chi connectivity index (χ0n) is 11.4. The predicted molar refractivity (Wildman–Crippen MR) is 77.7 cm³/mol. The van der Waals surface area contributed by atoms with Gasteiger partial charge in [0.15, 0.2) is 0 Å². The Morgan fingerprint density at radius 2 is 1.88 bits per heavy atom. The molecule has 0 aliphatic carbocycles. The van der Waals surface area contributed by atoms with Crippen molar-refractivity contribution in [3.63, 3.8) is 0 Å². The monoisotopic (exact) mass is 259 g/mol. The smallest absolute Gasteiger partial charge is 0.0433 e. The van der Waals surface area contributed by atoms with Gasteiger partial charge in [-0.05, 0) is 25.3 Å². The third-order valence-electron chi connectivity index (χ3n) is 3.81. The third kappa shape index (κ3) is 7.32. The molecule has 2 nitrogen and oxygen atoms in total. The highest BCUT2D eigenvalue weighted by molar-refractivity contribution is 7.99. The van der Waals surface area contributed by atoms with E-state index < -0.39 is 0 Å². The molecule has 1 rings (SSSR count). The molecule has 0 radical (unpaired) electrons. The van der Waals surface area contributed by atoms with E-state index in [1.165, 1.54) is 63.2 Å². The second kappa shape index (κ2) is 10.2. The molecule has 0 bridgehead atoms. The van der Waals surface area contributed by atoms with Crippen LogP contribution >= 0.6 is 11.8 Å². The summed E-state index contributed by atoms with van der Waals surface area (Å²) in [5.41, 5.74) is 0. The van der Waals surface area contributed by atoms with Gasteiger partial charge >= 0.3 is 0 Å². The maximum Gasteiger partial charge on any atom is 0.0433 e. The van der Waals surface area contributed by atoms with Crippen LogP contribution in [0.15, 0.2) is 0 Å². The molecule has 0 aromatic carbocycles. The molecule has 0 aromatic rings. The Morgan fingerprint density at radius 1 is 1.12 bits per heavy atom. The van der Waals surface area contributed by atoms with Crippen LogP contribution in [-0.2, 0) is 0 Å². The molecular weight excluding hydrogens is 230 g/mol. The highest BCUT2D eigenvalue weighted by Crippen LogP contribution is 2.17. The van der Waals surface area contributed by atoms with E-state index in [0.29, 0.717) is 6.61 Å². The summed E-state index contributed by atoms with van der Waals surface area (Å²) in [4.78, 5) is 2.61. The van der Waals surface area contributed by atoms with Crippen LogP contribution in [0.5, 0.6) is 0 Å². The first-order chi connectivity index (χ1) is 8.36. The average Bonchev–Trinajstić information content (AvgIpc) is 2.38. The highest BCUT2D eigenvalue weighted by Gasteiger charge is 2.09. The Morgan fingerprint density at radius 3 is 2.53 bits per heavy atom. The van der Waals surface area contributed by atoms with E-state index in [-0.39, 0.29) is 0 Å². The third-order valence-corrected chi connectivity index (χ3v) is 4.75. The zero-order valence-corrected chi connectivity index (χ0v) is 12.2. The number of hydrogen-bond donors (Lipinski definition) is 1. The predicted octanol–water partition coefficient (Wildman–Crippen LogP) is 3.00. The van der Waals surface area contributed by atoms with Crippen LogP contribution in [-0.4, -0.2) is 47.8 Å². The number of nitrogens with zero attached hydrogens (tertiary/aromatic N) is 1. The summed E-state index contributed by atoms with van der Waals surface area (Å²) in [7, 11) is 0. The Bertz CT molecular complexity index is 165. The summed E-state index contributed by atoms with van der Waals surface area (Å²) in [6.45, 7) is 6.51. The van der Waals surface area contributed by atoms with E-state index in [2.05, 4.69) is 23.6 Å². The largest absolute Gasteiger partial charge is 0.396 e. The maximum atomic E-state index is 8.93. The van der Waals surface area contributed by atoms with Crippen molar-refractivity contribution in [3.8, 4) is 0 Å². The van der Waals surface area contributed by atoms with E-state index in [4.69, 9.17) is 5.11 Å². The molecule has 1 saturated heterocycles. The summed E-state index contributed by atoms with van der Waals surface area (Å²) in [6, 6.07) is 0. The van der Waals surface area contributed by atoms with E-state index >= 15 is 0 Å². The van der Waals surface area contributed by atoms with Crippen LogP contribution in [0.3, 0.4) is 0 Å². The van der Waals surface area contributed by atoms with Crippen molar-refractivity contribution in [2.75, 3.05) is 37.7 Å². The number of unbranched alkanes of at least 4 members (excludes halogenated alkanes) is 2. The van der Waals surface area contributed by atoms with Gasteiger partial charge in [0.25, 0.3) is 0 Å². The second-order valence-electron chi connectivity index (χ2n) is 5.09. The maximum absolute atomic E-state index is 8.93. The van der Waals surface area contributed by atoms with Crippen LogP contribution < -0.4 is 0 Å². The molecule has 1 N–H and O–H groups in total. The fourth-order valence-corrected chi connectivity index (χ4v) is 3.48. The first kappa shape index (κ1) is 15.3. The van der Waals surface area contributed by atoms with Gasteiger partial charge < -0.3 is 10.0 Å². The van der Waals surface area contributed by atoms with Crippen molar-refractivity contribution in [2.24, 2.45) is 5.92 Å². The molecule has 102 valence electrons. The van der Waals surface area contributed by atoms with Gasteiger partial charge in [-0.25, -0.2) is 0 Å². The van der Waals surface area contributed by atoms with Crippen molar-refractivity contribution in [1.82, 2.24) is 4.90 Å². The molecule has 1 atom stereocenters. The van der Waals surface area contributed by atoms with Gasteiger partial charge in [-0.2, -0.15) is 11.8 Å². The average molecular weight is 259 g/mol. The van der Waals surface area contributed by atoms with Gasteiger partial charge in [-0.3, -0.25) is 0 Å². The molecule has 0 spiro atoms. The highest BCUT2D eigenvalue weighted by atomic mass is 32.2. The lowest BCUT2D eigenvalue weighted by atomic mass is 9.96. The fourth-order valence-electron chi connectivity index (χ4n) is 2.51. The van der Waals surface area contributed by atoms with Gasteiger partial charge in [0.1, 0.15) is 0 Å². The molecular formula is C14H29NOS. The van der Waals surface area contributed by atoms with Crippen LogP contribution in [0.4, 0.5) is 0 Å². The standard InChI is InChI=1S/C14H29NOS/c1-2-14(7-11-16)6-4-3-5-8-15-9-12-17-13-10-15/h14,16H,2-13H2,1H3/t14-/m1/s1. The lowest BCUT2D eigenvalue weighted by molar-refractivity contribution is 0.245. The summed E-state index contributed by atoms with van der Waals surface area (Å²) in [6.07, 6.45) is 7.61. The molecule has 0 unspecified atom stereocenters. The van der Waals surface area contributed by atoms with E-state index in [0.717, 1.165) is 12.3 Å². The van der Waals surface area contributed by atoms with Gasteiger partial charge in [0.05, 0.1) is 0 Å². The van der Waals surface area contributed by atoms with Crippen molar-refractivity contribution in [3.05, 3.63) is 0 Å². The molecule has 1 fully saturated rings. The lowest BCUT2D eigenvalue weighted by Gasteiger charge is -2.26. The van der Waals surface area contributed by atoms with Crippen molar-refractivity contribution in [1.29, 1.82) is 0 Å². The Hall–Kier alpha value is 0.270. The summed E-state index contributed by atoms with van der Waals surface area (Å²) in [5.74, 6) is 3.41. The molecule has 17 heavy (non-hydrogen) atoms. The Labute approximate surface area is 111 Å². The van der Waals surface area contributed by atoms with Crippen molar-refractivity contribution >= 4 is 11.8 Å². The lowest BCUT2D eigenvalue weighted by Crippen LogP contribution is -2.33. The minimum atomic E-state index is 0.365. The minimum Gasteiger partial charge on any atom is -0.396 e. The Kier molecular flexibility index (Phi) is 9.21. The van der Waals surface area contributed by atoms with Gasteiger partial charge in [0, 0.05) is 31.2 Å². The fraction of sp³-hybridized carbons (Fsp3) is 1.00. The van der Waals surface area contributed by atoms with Gasteiger partial charge in [-0.15, -0.1) is 0 Å². The van der Waals surface area contributed by atoms with Crippen molar-refractivity contribution < 1.29 is 5.11 Å². The SMILES string of the molecule is CC[C@@H](CCO)CCCCCN1CCSCC1. The first-order valence-corrected chi connectivity index (χ1v) is 8.43. The van der Waals surface area contributed by atoms with Gasteiger partial charge in [-0.1, -0.05) is 32.6 Å². The van der Waals surface area contributed by atoms with Crippen LogP contribution in [0.1, 0.15) is 45.4 Å². The topological polar surface area (TPSA) is 23.5 Å². The number of rotatable bonds is 9. The normalized spacial score (nSPS) is 19.4. The van der Waals surface area contributed by atoms with Crippen molar-refractivity contribution in [2.45, 2.75) is 45.4 Å². The molecule has 1 aliphatic rings. The van der Waals surface area contributed by atoms with E-state index in [1.54, 1.807) is 0 Å². The van der Waals surface area contributed by atoms with Gasteiger partial charge in [0.2, 0.25) is 0 Å². The van der Waals surface area contributed by atoms with Crippen LogP contribution in [0, 0.1) is 5.92 Å². The quantitative estimate of drug-likeness (QED) is 0.644. The summed E-state index contributed by atoms with van der Waals surface area (Å²) < 4.78 is 0. The van der Waals surface area contributed by atoms with E-state index in [1.807, 2.05) is 0 Å². The summed E-state index contributed by atoms with van der Waals surface area (Å²) >= 11 is 2.09. The molecule has 0 saturated carbocycles. The van der Waals surface area contributed by atoms with E-state index in [9.17, 15) is 0 Å². The van der Waals surface area contributed by atoms with Crippen LogP contribution in [0.2, 0.25) is 0 Å². The molecule has 0 amide bonds. The zero-order chi connectivity index (χ0) is 12.3. The molecule has 0 aromatic heterocycles. The Balaban J connectivity index is 1.92. The van der Waals surface area contributed by atoms with Crippen LogP contribution in [0.25, 0.3) is 0 Å². The number of aliphatic hydroxyl groups is 1. The number of thioether (sulfide) groups is 1. The number of aliphatic hydroxyl groups excluding tert-OH is 1. The molecule has 1 heterocycles. The first-order valence-electron chi connectivity index (χ1n) is 7.27. The summed E-state index contributed by atoms with van der Waals surface area (Å²) in [5, 5.41) is 8.93. The molecule has 3 heteroatoms.